The SMILES string of the molecule is CCCOc1ccc(/C(O)=C2/C(=O)C(=O)N(Cc3cccnc3)C2c2cccc(OC)c2)cc1C. The van der Waals surface area contributed by atoms with Gasteiger partial charge in [0.15, 0.2) is 0 Å². The number of hydrogen-bond donors (Lipinski definition) is 1. The standard InChI is InChI=1S/C28H28N2O5/c1-4-13-35-23-11-10-21(14-18(23)2)26(31)24-25(20-8-5-9-22(15-20)34-3)30(28(33)27(24)32)17-19-7-6-12-29-16-19/h5-12,14-16,25,31H,4,13,17H2,1-3H3/b26-24-. The van der Waals surface area contributed by atoms with Crippen LogP contribution in [0.15, 0.2) is 72.6 Å². The topological polar surface area (TPSA) is 89.0 Å². The number of aryl methyl sites for hydroxylation is 1. The van der Waals surface area contributed by atoms with Gasteiger partial charge >= 0.3 is 0 Å². The number of nitrogens with zero attached hydrogens (tertiary/aromatic N) is 2. The number of hydrogen-bond acceptors (Lipinski definition) is 6. The average Bonchev–Trinajstić information content (AvgIpc) is 3.13. The van der Waals surface area contributed by atoms with E-state index in [9.17, 15) is 14.7 Å². The Hall–Kier alpha value is -4.13. The zero-order valence-corrected chi connectivity index (χ0v) is 20.0. The summed E-state index contributed by atoms with van der Waals surface area (Å²) in [7, 11) is 1.55. The number of methoxy groups -OCH3 is 1. The van der Waals surface area contributed by atoms with Crippen LogP contribution in [0.4, 0.5) is 0 Å². The molecule has 1 atom stereocenters. The van der Waals surface area contributed by atoms with Crippen LogP contribution in [0.1, 0.15) is 41.6 Å². The summed E-state index contributed by atoms with van der Waals surface area (Å²) in [5, 5.41) is 11.3. The third-order valence-corrected chi connectivity index (χ3v) is 5.94. The molecule has 7 heteroatoms. The molecule has 0 saturated carbocycles. The molecule has 180 valence electrons. The molecule has 0 aliphatic carbocycles. The molecule has 1 fully saturated rings. The van der Waals surface area contributed by atoms with Crippen LogP contribution in [-0.4, -0.2) is 40.4 Å². The van der Waals surface area contributed by atoms with Gasteiger partial charge in [-0.1, -0.05) is 25.1 Å². The monoisotopic (exact) mass is 472 g/mol. The van der Waals surface area contributed by atoms with Crippen molar-refractivity contribution in [3.8, 4) is 11.5 Å². The van der Waals surface area contributed by atoms with Crippen LogP contribution in [0.5, 0.6) is 11.5 Å². The lowest BCUT2D eigenvalue weighted by Crippen LogP contribution is -2.29. The number of ketones is 1. The van der Waals surface area contributed by atoms with E-state index in [1.807, 2.05) is 26.0 Å². The number of rotatable bonds is 8. The van der Waals surface area contributed by atoms with Crippen molar-refractivity contribution in [1.29, 1.82) is 0 Å². The minimum absolute atomic E-state index is 0.0359. The fourth-order valence-electron chi connectivity index (χ4n) is 4.22. The van der Waals surface area contributed by atoms with E-state index in [0.29, 0.717) is 29.2 Å². The van der Waals surface area contributed by atoms with Crippen molar-refractivity contribution >= 4 is 17.4 Å². The fourth-order valence-corrected chi connectivity index (χ4v) is 4.22. The number of amides is 1. The van der Waals surface area contributed by atoms with Gasteiger partial charge in [-0.3, -0.25) is 14.6 Å². The summed E-state index contributed by atoms with van der Waals surface area (Å²) in [5.74, 6) is -0.339. The van der Waals surface area contributed by atoms with E-state index in [0.717, 1.165) is 17.5 Å². The predicted molar refractivity (Wildman–Crippen MR) is 132 cm³/mol. The fraction of sp³-hybridized carbons (Fsp3) is 0.250. The van der Waals surface area contributed by atoms with Gasteiger partial charge in [-0.25, -0.2) is 0 Å². The van der Waals surface area contributed by atoms with Crippen molar-refractivity contribution in [2.75, 3.05) is 13.7 Å². The Morgan fingerprint density at radius 2 is 1.94 bits per heavy atom. The van der Waals surface area contributed by atoms with Gasteiger partial charge in [-0.15, -0.1) is 0 Å². The maximum Gasteiger partial charge on any atom is 0.295 e. The molecule has 0 spiro atoms. The van der Waals surface area contributed by atoms with Crippen LogP contribution < -0.4 is 9.47 Å². The van der Waals surface area contributed by atoms with Crippen LogP contribution in [0.25, 0.3) is 5.76 Å². The molecule has 2 heterocycles. The van der Waals surface area contributed by atoms with Gasteiger partial charge in [0.2, 0.25) is 0 Å². The second-order valence-corrected chi connectivity index (χ2v) is 8.39. The Kier molecular flexibility index (Phi) is 7.15. The summed E-state index contributed by atoms with van der Waals surface area (Å²) in [4.78, 5) is 32.0. The molecule has 4 rings (SSSR count). The summed E-state index contributed by atoms with van der Waals surface area (Å²) in [6.07, 6.45) is 4.18. The molecular formula is C28H28N2O5. The van der Waals surface area contributed by atoms with Gasteiger partial charge in [-0.2, -0.15) is 0 Å². The van der Waals surface area contributed by atoms with Gasteiger partial charge in [0.05, 0.1) is 25.3 Å². The summed E-state index contributed by atoms with van der Waals surface area (Å²) in [6.45, 7) is 4.66. The van der Waals surface area contributed by atoms with Crippen molar-refractivity contribution < 1.29 is 24.2 Å². The van der Waals surface area contributed by atoms with Gasteiger partial charge < -0.3 is 19.5 Å². The van der Waals surface area contributed by atoms with Gasteiger partial charge in [-0.05, 0) is 66.4 Å². The third kappa shape index (κ3) is 4.89. The number of Topliss-reactive ketones (excluding diaryl/α,β-unsaturated/α-hetero) is 1. The van der Waals surface area contributed by atoms with E-state index >= 15 is 0 Å². The third-order valence-electron chi connectivity index (χ3n) is 5.94. The number of aromatic nitrogens is 1. The summed E-state index contributed by atoms with van der Waals surface area (Å²) >= 11 is 0. The highest BCUT2D eigenvalue weighted by atomic mass is 16.5. The van der Waals surface area contributed by atoms with Crippen LogP contribution in [-0.2, 0) is 16.1 Å². The van der Waals surface area contributed by atoms with Crippen molar-refractivity contribution in [2.24, 2.45) is 0 Å². The lowest BCUT2D eigenvalue weighted by molar-refractivity contribution is -0.140. The minimum atomic E-state index is -0.790. The number of likely N-dealkylation sites (tertiary alicyclic amines) is 1. The smallest absolute Gasteiger partial charge is 0.295 e. The number of pyridine rings is 1. The predicted octanol–water partition coefficient (Wildman–Crippen LogP) is 4.81. The van der Waals surface area contributed by atoms with E-state index in [2.05, 4.69) is 4.98 Å². The number of aliphatic hydroxyl groups is 1. The second kappa shape index (κ2) is 10.4. The zero-order valence-electron chi connectivity index (χ0n) is 20.0. The number of benzene rings is 2. The molecule has 1 N–H and O–H groups in total. The first kappa shape index (κ1) is 24.0. The molecule has 2 aromatic carbocycles. The maximum atomic E-state index is 13.3. The average molecular weight is 473 g/mol. The first-order chi connectivity index (χ1) is 16.9. The number of carbonyl (C=O) groups excluding carboxylic acids is 2. The van der Waals surface area contributed by atoms with Crippen LogP contribution in [0.2, 0.25) is 0 Å². The lowest BCUT2D eigenvalue weighted by Gasteiger charge is -2.25. The maximum absolute atomic E-state index is 13.3. The number of ether oxygens (including phenoxy) is 2. The molecule has 1 aliphatic heterocycles. The van der Waals surface area contributed by atoms with Gasteiger partial charge in [0, 0.05) is 24.5 Å². The molecule has 1 aromatic heterocycles. The summed E-state index contributed by atoms with van der Waals surface area (Å²) < 4.78 is 11.1. The van der Waals surface area contributed by atoms with E-state index in [1.54, 1.807) is 62.0 Å². The quantitative estimate of drug-likeness (QED) is 0.288. The molecule has 1 unspecified atom stereocenters. The Labute approximate surface area is 204 Å². The van der Waals surface area contributed by atoms with Crippen molar-refractivity contribution in [2.45, 2.75) is 32.9 Å². The highest BCUT2D eigenvalue weighted by molar-refractivity contribution is 6.46. The van der Waals surface area contributed by atoms with Crippen LogP contribution >= 0.6 is 0 Å². The first-order valence-corrected chi connectivity index (χ1v) is 11.5. The number of aliphatic hydroxyl groups excluding tert-OH is 1. The molecule has 0 radical (unpaired) electrons. The Morgan fingerprint density at radius 3 is 2.63 bits per heavy atom. The highest BCUT2D eigenvalue weighted by Gasteiger charge is 2.46. The van der Waals surface area contributed by atoms with E-state index in [4.69, 9.17) is 9.47 Å². The molecule has 0 bridgehead atoms. The van der Waals surface area contributed by atoms with Gasteiger partial charge in [0.25, 0.3) is 11.7 Å². The largest absolute Gasteiger partial charge is 0.507 e. The minimum Gasteiger partial charge on any atom is -0.507 e. The van der Waals surface area contributed by atoms with E-state index in [1.165, 1.54) is 4.90 Å². The number of carbonyl (C=O) groups is 2. The molecule has 35 heavy (non-hydrogen) atoms. The van der Waals surface area contributed by atoms with Gasteiger partial charge in [0.1, 0.15) is 17.3 Å². The van der Waals surface area contributed by atoms with Crippen molar-refractivity contribution in [1.82, 2.24) is 9.88 Å². The highest BCUT2D eigenvalue weighted by Crippen LogP contribution is 2.41. The molecule has 1 aliphatic rings. The molecule has 1 saturated heterocycles. The van der Waals surface area contributed by atoms with Crippen molar-refractivity contribution in [3.63, 3.8) is 0 Å². The Morgan fingerprint density at radius 1 is 1.11 bits per heavy atom. The molecular weight excluding hydrogens is 444 g/mol. The molecule has 1 amide bonds. The summed E-state index contributed by atoms with van der Waals surface area (Å²) in [6, 6.07) is 15.2. The normalized spacial score (nSPS) is 17.0. The van der Waals surface area contributed by atoms with E-state index < -0.39 is 17.7 Å². The van der Waals surface area contributed by atoms with E-state index in [-0.39, 0.29) is 17.9 Å². The first-order valence-electron chi connectivity index (χ1n) is 11.5. The van der Waals surface area contributed by atoms with Crippen molar-refractivity contribution in [3.05, 3.63) is 94.8 Å². The van der Waals surface area contributed by atoms with Crippen LogP contribution in [0.3, 0.4) is 0 Å². The van der Waals surface area contributed by atoms with Crippen LogP contribution in [0, 0.1) is 6.92 Å². The Balaban J connectivity index is 1.83. The molecule has 3 aromatic rings. The lowest BCUT2D eigenvalue weighted by atomic mass is 9.94. The molecule has 7 nitrogen and oxygen atoms in total. The zero-order chi connectivity index (χ0) is 24.9. The Bertz CT molecular complexity index is 1270. The second-order valence-electron chi connectivity index (χ2n) is 8.39. The summed E-state index contributed by atoms with van der Waals surface area (Å²) in [5.41, 5.74) is 2.74.